The zero-order valence-corrected chi connectivity index (χ0v) is 11.6. The molecule has 20 heavy (non-hydrogen) atoms. The van der Waals surface area contributed by atoms with Crippen molar-refractivity contribution in [2.75, 3.05) is 19.5 Å². The number of nitrogens with two attached hydrogens (primary N) is 1. The Morgan fingerprint density at radius 3 is 2.75 bits per heavy atom. The van der Waals surface area contributed by atoms with Gasteiger partial charge in [0.1, 0.15) is 11.6 Å². The van der Waals surface area contributed by atoms with Crippen LogP contribution in [0.3, 0.4) is 0 Å². The lowest BCUT2D eigenvalue weighted by Gasteiger charge is -2.08. The average Bonchev–Trinajstić information content (AvgIpc) is 2.75. The van der Waals surface area contributed by atoms with E-state index in [1.807, 2.05) is 6.92 Å². The number of aryl methyl sites for hydroxylation is 1. The Bertz CT molecular complexity index is 619. The van der Waals surface area contributed by atoms with Crippen molar-refractivity contribution < 1.29 is 14.3 Å². The molecule has 7 heteroatoms. The summed E-state index contributed by atoms with van der Waals surface area (Å²) in [6.07, 6.45) is 1.61. The highest BCUT2D eigenvalue weighted by molar-refractivity contribution is 5.92. The van der Waals surface area contributed by atoms with Crippen molar-refractivity contribution in [2.45, 2.75) is 13.8 Å². The molecule has 7 nitrogen and oxygen atoms in total. The van der Waals surface area contributed by atoms with Gasteiger partial charge in [0.25, 0.3) is 0 Å². The number of nitrogens with zero attached hydrogens (tertiary/aromatic N) is 3. The summed E-state index contributed by atoms with van der Waals surface area (Å²) in [7, 11) is 1.29. The third-order valence-corrected chi connectivity index (χ3v) is 2.73. The number of pyridine rings is 1. The van der Waals surface area contributed by atoms with E-state index >= 15 is 0 Å². The Balaban J connectivity index is 2.42. The Kier molecular flexibility index (Phi) is 3.88. The highest BCUT2D eigenvalue weighted by atomic mass is 16.5. The van der Waals surface area contributed by atoms with Crippen LogP contribution in [0.4, 0.5) is 5.82 Å². The van der Waals surface area contributed by atoms with Crippen molar-refractivity contribution in [2.24, 2.45) is 0 Å². The Morgan fingerprint density at radius 1 is 1.45 bits per heavy atom. The predicted octanol–water partition coefficient (Wildman–Crippen LogP) is 1.34. The van der Waals surface area contributed by atoms with Gasteiger partial charge in [-0.2, -0.15) is 0 Å². The van der Waals surface area contributed by atoms with Gasteiger partial charge >= 0.3 is 5.97 Å². The number of hydrogen-bond donors (Lipinski definition) is 1. The maximum atomic E-state index is 11.6. The van der Waals surface area contributed by atoms with E-state index < -0.39 is 5.97 Å². The van der Waals surface area contributed by atoms with Crippen LogP contribution in [0.2, 0.25) is 0 Å². The van der Waals surface area contributed by atoms with E-state index in [9.17, 15) is 4.79 Å². The van der Waals surface area contributed by atoms with Crippen LogP contribution in [0.1, 0.15) is 23.2 Å². The van der Waals surface area contributed by atoms with Crippen LogP contribution in [0.15, 0.2) is 18.3 Å². The second-order valence-electron chi connectivity index (χ2n) is 4.01. The summed E-state index contributed by atoms with van der Waals surface area (Å²) in [5, 5.41) is 0. The lowest BCUT2D eigenvalue weighted by Crippen LogP contribution is -2.08. The quantitative estimate of drug-likeness (QED) is 0.847. The second kappa shape index (κ2) is 5.60. The van der Waals surface area contributed by atoms with Gasteiger partial charge in [-0.3, -0.25) is 4.57 Å². The summed E-state index contributed by atoms with van der Waals surface area (Å²) in [6, 6.07) is 3.53. The zero-order valence-electron chi connectivity index (χ0n) is 11.6. The van der Waals surface area contributed by atoms with E-state index in [4.69, 9.17) is 10.5 Å². The van der Waals surface area contributed by atoms with Gasteiger partial charge in [0.05, 0.1) is 25.6 Å². The number of carbonyl (C=O) groups excluding carboxylic acids is 1. The van der Waals surface area contributed by atoms with Gasteiger partial charge in [-0.05, 0) is 19.9 Å². The van der Waals surface area contributed by atoms with Gasteiger partial charge in [-0.25, -0.2) is 14.8 Å². The molecule has 0 aliphatic heterocycles. The smallest absolute Gasteiger partial charge is 0.360 e. The molecule has 0 aromatic carbocycles. The molecule has 0 saturated heterocycles. The monoisotopic (exact) mass is 276 g/mol. The number of esters is 1. The topological polar surface area (TPSA) is 92.3 Å². The molecule has 0 fully saturated rings. The third kappa shape index (κ3) is 2.42. The molecule has 2 aromatic heterocycles. The number of imidazole rings is 1. The summed E-state index contributed by atoms with van der Waals surface area (Å²) in [4.78, 5) is 19.8. The van der Waals surface area contributed by atoms with Crippen LogP contribution < -0.4 is 10.5 Å². The molecule has 2 aromatic rings. The van der Waals surface area contributed by atoms with E-state index in [1.54, 1.807) is 29.8 Å². The fourth-order valence-electron chi connectivity index (χ4n) is 1.86. The van der Waals surface area contributed by atoms with E-state index in [-0.39, 0.29) is 11.5 Å². The van der Waals surface area contributed by atoms with E-state index in [0.29, 0.717) is 24.0 Å². The molecule has 0 bridgehead atoms. The second-order valence-corrected chi connectivity index (χ2v) is 4.01. The number of aromatic nitrogens is 3. The predicted molar refractivity (Wildman–Crippen MR) is 73.0 cm³/mol. The summed E-state index contributed by atoms with van der Waals surface area (Å²) in [5.74, 6) is 0.762. The molecule has 0 amide bonds. The highest BCUT2D eigenvalue weighted by Gasteiger charge is 2.20. The van der Waals surface area contributed by atoms with Crippen molar-refractivity contribution in [3.8, 4) is 11.6 Å². The van der Waals surface area contributed by atoms with E-state index in [0.717, 1.165) is 0 Å². The van der Waals surface area contributed by atoms with Crippen LogP contribution in [-0.4, -0.2) is 34.2 Å². The Hall–Kier alpha value is -2.57. The van der Waals surface area contributed by atoms with Gasteiger partial charge in [-0.15, -0.1) is 0 Å². The van der Waals surface area contributed by atoms with Crippen LogP contribution in [0.25, 0.3) is 5.69 Å². The molecule has 2 N–H and O–H groups in total. The molecule has 2 rings (SSSR count). The van der Waals surface area contributed by atoms with E-state index in [2.05, 4.69) is 14.7 Å². The number of nitrogen functional groups attached to an aromatic ring is 1. The molecular formula is C13H16N4O3. The molecule has 0 saturated carbocycles. The largest absolute Gasteiger partial charge is 0.478 e. The van der Waals surface area contributed by atoms with Crippen LogP contribution in [-0.2, 0) is 4.74 Å². The first kappa shape index (κ1) is 13.9. The molecule has 0 aliphatic rings. The van der Waals surface area contributed by atoms with E-state index in [1.165, 1.54) is 7.11 Å². The first-order chi connectivity index (χ1) is 9.58. The standard InChI is InChI=1S/C13H16N4O3/c1-4-20-10-6-5-9(7-15-10)17-8(2)16-11(12(17)14)13(18)19-3/h5-7H,4,14H2,1-3H3. The van der Waals surface area contributed by atoms with Crippen LogP contribution in [0, 0.1) is 6.92 Å². The molecule has 0 atom stereocenters. The summed E-state index contributed by atoms with van der Waals surface area (Å²) in [6.45, 7) is 4.18. The van der Waals surface area contributed by atoms with Gasteiger partial charge in [0, 0.05) is 6.07 Å². The number of anilines is 1. The van der Waals surface area contributed by atoms with Crippen molar-refractivity contribution >= 4 is 11.8 Å². The maximum absolute atomic E-state index is 11.6. The molecule has 0 radical (unpaired) electrons. The first-order valence-corrected chi connectivity index (χ1v) is 6.10. The van der Waals surface area contributed by atoms with Crippen molar-refractivity contribution in [3.63, 3.8) is 0 Å². The fourth-order valence-corrected chi connectivity index (χ4v) is 1.86. The van der Waals surface area contributed by atoms with Crippen molar-refractivity contribution in [1.82, 2.24) is 14.5 Å². The van der Waals surface area contributed by atoms with Gasteiger partial charge < -0.3 is 15.2 Å². The first-order valence-electron chi connectivity index (χ1n) is 6.10. The normalized spacial score (nSPS) is 10.3. The SMILES string of the molecule is CCOc1ccc(-n2c(C)nc(C(=O)OC)c2N)cn1. The zero-order chi connectivity index (χ0) is 14.7. The molecule has 0 spiro atoms. The highest BCUT2D eigenvalue weighted by Crippen LogP contribution is 2.21. The molecule has 0 aliphatic carbocycles. The minimum atomic E-state index is -0.566. The lowest BCUT2D eigenvalue weighted by molar-refractivity contribution is 0.0596. The Labute approximate surface area is 116 Å². The van der Waals surface area contributed by atoms with Crippen molar-refractivity contribution in [3.05, 3.63) is 29.8 Å². The minimum Gasteiger partial charge on any atom is -0.478 e. The van der Waals surface area contributed by atoms with Crippen molar-refractivity contribution in [1.29, 1.82) is 0 Å². The number of ether oxygens (including phenoxy) is 2. The molecule has 106 valence electrons. The maximum Gasteiger partial charge on any atom is 0.360 e. The minimum absolute atomic E-state index is 0.0962. The molecule has 0 unspecified atom stereocenters. The Morgan fingerprint density at radius 2 is 2.20 bits per heavy atom. The summed E-state index contributed by atoms with van der Waals surface area (Å²) < 4.78 is 11.6. The van der Waals surface area contributed by atoms with Gasteiger partial charge in [0.2, 0.25) is 5.88 Å². The summed E-state index contributed by atoms with van der Waals surface area (Å²) >= 11 is 0. The molecule has 2 heterocycles. The molecular weight excluding hydrogens is 260 g/mol. The van der Waals surface area contributed by atoms with Gasteiger partial charge in [0.15, 0.2) is 5.69 Å². The number of methoxy groups -OCH3 is 1. The summed E-state index contributed by atoms with van der Waals surface area (Å²) in [5.41, 5.74) is 6.75. The number of carbonyl (C=O) groups is 1. The fraction of sp³-hybridized carbons (Fsp3) is 0.308. The average molecular weight is 276 g/mol. The number of rotatable bonds is 4. The van der Waals surface area contributed by atoms with Crippen LogP contribution >= 0.6 is 0 Å². The lowest BCUT2D eigenvalue weighted by atomic mass is 10.4. The number of hydrogen-bond acceptors (Lipinski definition) is 6. The van der Waals surface area contributed by atoms with Crippen LogP contribution in [0.5, 0.6) is 5.88 Å². The van der Waals surface area contributed by atoms with Gasteiger partial charge in [-0.1, -0.05) is 0 Å². The third-order valence-electron chi connectivity index (χ3n) is 2.73.